The van der Waals surface area contributed by atoms with Crippen LogP contribution in [-0.4, -0.2) is 4.99 Å². The quantitative estimate of drug-likeness (QED) is 0.803. The molecular formula is C14H10BrClFNOS. The topological polar surface area (TPSA) is 35.2 Å². The van der Waals surface area contributed by atoms with E-state index in [1.165, 1.54) is 6.07 Å². The van der Waals surface area contributed by atoms with Crippen molar-refractivity contribution in [3.63, 3.8) is 0 Å². The smallest absolute Gasteiger partial charge is 0.138 e. The Morgan fingerprint density at radius 1 is 1.30 bits per heavy atom. The molecule has 2 aromatic rings. The van der Waals surface area contributed by atoms with Crippen molar-refractivity contribution in [1.82, 2.24) is 0 Å². The second-order valence-electron chi connectivity index (χ2n) is 4.03. The standard InChI is InChI=1S/C14H10BrClFNOS/c15-10-3-1-9(12(17)6-10)7-19-13-4-2-8(14(18)20)5-11(13)16/h1-6H,7H2,(H2,18,20). The molecule has 0 saturated carbocycles. The van der Waals surface area contributed by atoms with Gasteiger partial charge in [-0.2, -0.15) is 0 Å². The maximum Gasteiger partial charge on any atom is 0.138 e. The third kappa shape index (κ3) is 3.69. The Morgan fingerprint density at radius 2 is 2.05 bits per heavy atom. The van der Waals surface area contributed by atoms with Gasteiger partial charge in [-0.05, 0) is 30.3 Å². The number of halogens is 3. The van der Waals surface area contributed by atoms with Crippen molar-refractivity contribution in [1.29, 1.82) is 0 Å². The Hall–Kier alpha value is -1.17. The summed E-state index contributed by atoms with van der Waals surface area (Å²) in [6.07, 6.45) is 0. The molecule has 0 fully saturated rings. The van der Waals surface area contributed by atoms with Gasteiger partial charge in [0.15, 0.2) is 0 Å². The molecule has 2 nitrogen and oxygen atoms in total. The molecular weight excluding hydrogens is 365 g/mol. The van der Waals surface area contributed by atoms with E-state index in [2.05, 4.69) is 15.9 Å². The Balaban J connectivity index is 2.13. The molecule has 0 aliphatic rings. The van der Waals surface area contributed by atoms with Crippen LogP contribution in [0.25, 0.3) is 0 Å². The fourth-order valence-electron chi connectivity index (χ4n) is 1.57. The van der Waals surface area contributed by atoms with E-state index < -0.39 is 0 Å². The van der Waals surface area contributed by atoms with E-state index in [0.29, 0.717) is 26.4 Å². The fraction of sp³-hybridized carbons (Fsp3) is 0.0714. The van der Waals surface area contributed by atoms with Gasteiger partial charge in [0, 0.05) is 15.6 Å². The minimum atomic E-state index is -0.338. The minimum Gasteiger partial charge on any atom is -0.487 e. The van der Waals surface area contributed by atoms with E-state index in [1.54, 1.807) is 30.3 Å². The van der Waals surface area contributed by atoms with Crippen molar-refractivity contribution in [2.75, 3.05) is 0 Å². The monoisotopic (exact) mass is 373 g/mol. The van der Waals surface area contributed by atoms with E-state index in [0.717, 1.165) is 0 Å². The Bertz CT molecular complexity index is 666. The highest BCUT2D eigenvalue weighted by Crippen LogP contribution is 2.27. The van der Waals surface area contributed by atoms with Crippen molar-refractivity contribution in [2.45, 2.75) is 6.61 Å². The van der Waals surface area contributed by atoms with Crippen LogP contribution in [0, 0.1) is 5.82 Å². The summed E-state index contributed by atoms with van der Waals surface area (Å²) in [5, 5.41) is 0.382. The summed E-state index contributed by atoms with van der Waals surface area (Å²) in [5.74, 6) is 0.115. The van der Waals surface area contributed by atoms with Crippen LogP contribution in [0.15, 0.2) is 40.9 Å². The summed E-state index contributed by atoms with van der Waals surface area (Å²) in [4.78, 5) is 0.261. The van der Waals surface area contributed by atoms with Crippen LogP contribution < -0.4 is 10.5 Å². The zero-order valence-corrected chi connectivity index (χ0v) is 13.4. The number of nitrogens with two attached hydrogens (primary N) is 1. The third-order valence-corrected chi connectivity index (χ3v) is 3.64. The van der Waals surface area contributed by atoms with E-state index in [1.807, 2.05) is 0 Å². The molecule has 6 heteroatoms. The minimum absolute atomic E-state index is 0.0885. The van der Waals surface area contributed by atoms with Gasteiger partial charge in [0.05, 0.1) is 5.02 Å². The number of hydrogen-bond donors (Lipinski definition) is 1. The molecule has 2 rings (SSSR count). The fourth-order valence-corrected chi connectivity index (χ4v) is 2.26. The van der Waals surface area contributed by atoms with Crippen LogP contribution in [0.1, 0.15) is 11.1 Å². The summed E-state index contributed by atoms with van der Waals surface area (Å²) < 4.78 is 19.8. The Kier molecular flexibility index (Phi) is 4.96. The molecule has 104 valence electrons. The highest BCUT2D eigenvalue weighted by atomic mass is 79.9. The lowest BCUT2D eigenvalue weighted by Gasteiger charge is -2.10. The number of benzene rings is 2. The van der Waals surface area contributed by atoms with Crippen molar-refractivity contribution < 1.29 is 9.13 Å². The maximum atomic E-state index is 13.6. The van der Waals surface area contributed by atoms with Crippen LogP contribution in [0.2, 0.25) is 5.02 Å². The summed E-state index contributed by atoms with van der Waals surface area (Å²) >= 11 is 14.1. The molecule has 0 heterocycles. The largest absolute Gasteiger partial charge is 0.487 e. The molecule has 0 aliphatic heterocycles. The molecule has 0 saturated heterocycles. The van der Waals surface area contributed by atoms with Crippen molar-refractivity contribution in [2.24, 2.45) is 5.73 Å². The number of rotatable bonds is 4. The number of ether oxygens (including phenoxy) is 1. The van der Waals surface area contributed by atoms with Crippen molar-refractivity contribution in [3.8, 4) is 5.75 Å². The molecule has 0 radical (unpaired) electrons. The zero-order valence-electron chi connectivity index (χ0n) is 10.2. The second kappa shape index (κ2) is 6.52. The number of thiocarbonyl (C=S) groups is 1. The first kappa shape index (κ1) is 15.2. The van der Waals surface area contributed by atoms with Gasteiger partial charge in [-0.3, -0.25) is 0 Å². The van der Waals surface area contributed by atoms with Crippen LogP contribution in [0.4, 0.5) is 4.39 Å². The van der Waals surface area contributed by atoms with Crippen LogP contribution in [-0.2, 0) is 6.61 Å². The first-order chi connectivity index (χ1) is 9.47. The molecule has 0 unspecified atom stereocenters. The van der Waals surface area contributed by atoms with E-state index in [9.17, 15) is 4.39 Å². The van der Waals surface area contributed by atoms with E-state index in [-0.39, 0.29) is 17.4 Å². The Labute approximate surface area is 134 Å². The average molecular weight is 375 g/mol. The van der Waals surface area contributed by atoms with E-state index in [4.69, 9.17) is 34.3 Å². The number of hydrogen-bond acceptors (Lipinski definition) is 2. The lowest BCUT2D eigenvalue weighted by Crippen LogP contribution is -2.09. The van der Waals surface area contributed by atoms with Gasteiger partial charge in [-0.25, -0.2) is 4.39 Å². The molecule has 0 bridgehead atoms. The SMILES string of the molecule is NC(=S)c1ccc(OCc2ccc(Br)cc2F)c(Cl)c1. The van der Waals surface area contributed by atoms with E-state index >= 15 is 0 Å². The lowest BCUT2D eigenvalue weighted by atomic mass is 10.2. The first-order valence-electron chi connectivity index (χ1n) is 5.63. The molecule has 0 spiro atoms. The summed E-state index contributed by atoms with van der Waals surface area (Å²) in [6, 6.07) is 9.78. The average Bonchev–Trinajstić information content (AvgIpc) is 2.38. The van der Waals surface area contributed by atoms with Gasteiger partial charge >= 0.3 is 0 Å². The normalized spacial score (nSPS) is 10.3. The van der Waals surface area contributed by atoms with Gasteiger partial charge < -0.3 is 10.5 Å². The van der Waals surface area contributed by atoms with Gasteiger partial charge in [-0.15, -0.1) is 0 Å². The van der Waals surface area contributed by atoms with Crippen LogP contribution in [0.5, 0.6) is 5.75 Å². The van der Waals surface area contributed by atoms with Crippen molar-refractivity contribution in [3.05, 3.63) is 62.8 Å². The van der Waals surface area contributed by atoms with Gasteiger partial charge in [0.25, 0.3) is 0 Å². The second-order valence-corrected chi connectivity index (χ2v) is 5.80. The molecule has 0 aromatic heterocycles. The molecule has 2 N–H and O–H groups in total. The summed E-state index contributed by atoms with van der Waals surface area (Å²) in [5.41, 5.74) is 6.62. The van der Waals surface area contributed by atoms with Gasteiger partial charge in [0.1, 0.15) is 23.2 Å². The predicted molar refractivity (Wildman–Crippen MR) is 85.8 cm³/mol. The maximum absolute atomic E-state index is 13.6. The molecule has 0 aliphatic carbocycles. The molecule has 2 aromatic carbocycles. The molecule has 20 heavy (non-hydrogen) atoms. The third-order valence-electron chi connectivity index (χ3n) is 2.61. The van der Waals surface area contributed by atoms with Gasteiger partial charge in [-0.1, -0.05) is 45.8 Å². The van der Waals surface area contributed by atoms with Crippen LogP contribution >= 0.6 is 39.7 Å². The highest BCUT2D eigenvalue weighted by Gasteiger charge is 2.07. The molecule has 0 amide bonds. The lowest BCUT2D eigenvalue weighted by molar-refractivity contribution is 0.300. The van der Waals surface area contributed by atoms with Crippen LogP contribution in [0.3, 0.4) is 0 Å². The first-order valence-corrected chi connectivity index (χ1v) is 7.21. The van der Waals surface area contributed by atoms with Gasteiger partial charge in [0.2, 0.25) is 0 Å². The summed E-state index contributed by atoms with van der Waals surface area (Å²) in [7, 11) is 0. The predicted octanol–water partition coefficient (Wildman–Crippen LogP) is 4.45. The zero-order chi connectivity index (χ0) is 14.7. The van der Waals surface area contributed by atoms with Crippen molar-refractivity contribution >= 4 is 44.7 Å². The Morgan fingerprint density at radius 3 is 2.65 bits per heavy atom. The highest BCUT2D eigenvalue weighted by molar-refractivity contribution is 9.10. The summed E-state index contributed by atoms with van der Waals surface area (Å²) in [6.45, 7) is 0.0885. The molecule has 0 atom stereocenters.